The van der Waals surface area contributed by atoms with Crippen molar-refractivity contribution in [3.05, 3.63) is 47.5 Å². The molecule has 0 saturated heterocycles. The van der Waals surface area contributed by atoms with Gasteiger partial charge in [-0.2, -0.15) is 13.2 Å². The smallest absolute Gasteiger partial charge is 0.338 e. The zero-order chi connectivity index (χ0) is 15.6. The maximum Gasteiger partial charge on any atom is 0.416 e. The second-order valence-electron chi connectivity index (χ2n) is 4.02. The molecule has 1 aromatic heterocycles. The Hall–Kier alpha value is -2.42. The molecule has 112 valence electrons. The van der Waals surface area contributed by atoms with Gasteiger partial charge in [-0.15, -0.1) is 0 Å². The highest BCUT2D eigenvalue weighted by atomic mass is 19.4. The van der Waals surface area contributed by atoms with E-state index in [1.807, 2.05) is 5.43 Å². The van der Waals surface area contributed by atoms with Crippen LogP contribution in [0.15, 0.2) is 30.3 Å². The number of hydrogen-bond donors (Lipinski definition) is 3. The summed E-state index contributed by atoms with van der Waals surface area (Å²) in [6.45, 7) is 0. The van der Waals surface area contributed by atoms with Crippen LogP contribution in [-0.2, 0) is 6.18 Å². The standard InChI is InChI=1S/C12H9F5N4/c13-7-1-2-9(8(14)5-7)19-10-3-6(12(15,16)17)4-11(20-10)21-18/h1-5H,18H2,(H2,19,20,21). The highest BCUT2D eigenvalue weighted by molar-refractivity contribution is 5.60. The molecule has 2 aromatic rings. The van der Waals surface area contributed by atoms with Gasteiger partial charge in [-0.3, -0.25) is 0 Å². The quantitative estimate of drug-likeness (QED) is 0.462. The van der Waals surface area contributed by atoms with Crippen LogP contribution < -0.4 is 16.6 Å². The van der Waals surface area contributed by atoms with Gasteiger partial charge in [0.2, 0.25) is 0 Å². The van der Waals surface area contributed by atoms with E-state index in [4.69, 9.17) is 5.84 Å². The second-order valence-corrected chi connectivity index (χ2v) is 4.02. The van der Waals surface area contributed by atoms with Crippen molar-refractivity contribution >= 4 is 17.3 Å². The lowest BCUT2D eigenvalue weighted by Gasteiger charge is -2.12. The molecule has 2 rings (SSSR count). The van der Waals surface area contributed by atoms with Gasteiger partial charge in [0.15, 0.2) is 0 Å². The Morgan fingerprint density at radius 3 is 2.24 bits per heavy atom. The van der Waals surface area contributed by atoms with Gasteiger partial charge >= 0.3 is 6.18 Å². The van der Waals surface area contributed by atoms with Gasteiger partial charge in [-0.05, 0) is 24.3 Å². The van der Waals surface area contributed by atoms with E-state index in [1.54, 1.807) is 0 Å². The van der Waals surface area contributed by atoms with Crippen LogP contribution >= 0.6 is 0 Å². The lowest BCUT2D eigenvalue weighted by Crippen LogP contribution is -2.13. The summed E-state index contributed by atoms with van der Waals surface area (Å²) < 4.78 is 64.3. The largest absolute Gasteiger partial charge is 0.416 e. The van der Waals surface area contributed by atoms with E-state index < -0.39 is 23.4 Å². The monoisotopic (exact) mass is 304 g/mol. The molecule has 1 aromatic carbocycles. The Bertz CT molecular complexity index is 657. The van der Waals surface area contributed by atoms with Crippen molar-refractivity contribution in [3.8, 4) is 0 Å². The van der Waals surface area contributed by atoms with Gasteiger partial charge in [-0.1, -0.05) is 0 Å². The van der Waals surface area contributed by atoms with Crippen LogP contribution in [0.2, 0.25) is 0 Å². The molecule has 0 bridgehead atoms. The first kappa shape index (κ1) is 15.0. The van der Waals surface area contributed by atoms with Gasteiger partial charge in [0.1, 0.15) is 23.3 Å². The number of benzene rings is 1. The minimum absolute atomic E-state index is 0.216. The highest BCUT2D eigenvalue weighted by Crippen LogP contribution is 2.32. The van der Waals surface area contributed by atoms with Gasteiger partial charge in [0.25, 0.3) is 0 Å². The normalized spacial score (nSPS) is 11.3. The Morgan fingerprint density at radius 2 is 1.67 bits per heavy atom. The minimum Gasteiger partial charge on any atom is -0.338 e. The molecule has 1 heterocycles. The molecule has 0 atom stereocenters. The topological polar surface area (TPSA) is 63.0 Å². The molecule has 0 saturated carbocycles. The first-order chi connectivity index (χ1) is 9.79. The second kappa shape index (κ2) is 5.52. The van der Waals surface area contributed by atoms with E-state index in [0.29, 0.717) is 18.2 Å². The average Bonchev–Trinajstić information content (AvgIpc) is 2.40. The Morgan fingerprint density at radius 1 is 1.00 bits per heavy atom. The summed E-state index contributed by atoms with van der Waals surface area (Å²) >= 11 is 0. The first-order valence-corrected chi connectivity index (χ1v) is 5.57. The number of pyridine rings is 1. The van der Waals surface area contributed by atoms with E-state index in [2.05, 4.69) is 10.3 Å². The Labute approximate surface area is 115 Å². The number of halogens is 5. The number of hydrazine groups is 1. The van der Waals surface area contributed by atoms with Crippen LogP contribution in [0.5, 0.6) is 0 Å². The van der Waals surface area contributed by atoms with Crippen LogP contribution in [0.1, 0.15) is 5.56 Å². The number of rotatable bonds is 3. The molecule has 0 fully saturated rings. The predicted octanol–water partition coefficient (Wildman–Crippen LogP) is 3.41. The molecule has 0 aliphatic heterocycles. The summed E-state index contributed by atoms with van der Waals surface area (Å²) in [5.74, 6) is 2.73. The highest BCUT2D eigenvalue weighted by Gasteiger charge is 2.31. The van der Waals surface area contributed by atoms with E-state index >= 15 is 0 Å². The molecular weight excluding hydrogens is 295 g/mol. The number of anilines is 3. The fourth-order valence-electron chi connectivity index (χ4n) is 1.56. The van der Waals surface area contributed by atoms with Crippen LogP contribution in [-0.4, -0.2) is 4.98 Å². The van der Waals surface area contributed by atoms with Crippen molar-refractivity contribution in [1.29, 1.82) is 0 Å². The molecule has 21 heavy (non-hydrogen) atoms. The molecule has 0 aliphatic rings. The van der Waals surface area contributed by atoms with Crippen molar-refractivity contribution in [1.82, 2.24) is 4.98 Å². The molecule has 9 heteroatoms. The van der Waals surface area contributed by atoms with Crippen molar-refractivity contribution in [3.63, 3.8) is 0 Å². The van der Waals surface area contributed by atoms with Crippen molar-refractivity contribution in [2.75, 3.05) is 10.7 Å². The fraction of sp³-hybridized carbons (Fsp3) is 0.0833. The lowest BCUT2D eigenvalue weighted by molar-refractivity contribution is -0.137. The first-order valence-electron chi connectivity index (χ1n) is 5.57. The van der Waals surface area contributed by atoms with Gasteiger partial charge < -0.3 is 10.7 Å². The average molecular weight is 304 g/mol. The summed E-state index contributed by atoms with van der Waals surface area (Å²) in [6, 6.07) is 3.98. The maximum atomic E-state index is 13.5. The zero-order valence-electron chi connectivity index (χ0n) is 10.3. The van der Waals surface area contributed by atoms with Crippen molar-refractivity contribution < 1.29 is 22.0 Å². The van der Waals surface area contributed by atoms with Crippen molar-refractivity contribution in [2.45, 2.75) is 6.18 Å². The zero-order valence-corrected chi connectivity index (χ0v) is 10.3. The Balaban J connectivity index is 2.39. The van der Waals surface area contributed by atoms with E-state index in [-0.39, 0.29) is 17.3 Å². The van der Waals surface area contributed by atoms with Crippen LogP contribution in [0.4, 0.5) is 39.3 Å². The third-order valence-electron chi connectivity index (χ3n) is 2.49. The molecule has 0 spiro atoms. The van der Waals surface area contributed by atoms with Gasteiger partial charge in [0.05, 0.1) is 11.3 Å². The number of nitrogens with zero attached hydrogens (tertiary/aromatic N) is 1. The molecule has 0 aliphatic carbocycles. The summed E-state index contributed by atoms with van der Waals surface area (Å²) in [4.78, 5) is 3.72. The number of aromatic nitrogens is 1. The summed E-state index contributed by atoms with van der Waals surface area (Å²) in [5, 5.41) is 2.34. The summed E-state index contributed by atoms with van der Waals surface area (Å²) in [5.41, 5.74) is 0.750. The molecule has 0 unspecified atom stereocenters. The Kier molecular flexibility index (Phi) is 3.94. The van der Waals surface area contributed by atoms with Crippen LogP contribution in [0.3, 0.4) is 0 Å². The minimum atomic E-state index is -4.62. The molecular formula is C12H9F5N4. The number of nitrogens with one attached hydrogen (secondary N) is 2. The number of nitrogen functional groups attached to an aromatic ring is 1. The van der Waals surface area contributed by atoms with Crippen LogP contribution in [0.25, 0.3) is 0 Å². The van der Waals surface area contributed by atoms with E-state index in [0.717, 1.165) is 12.1 Å². The van der Waals surface area contributed by atoms with Gasteiger partial charge in [-0.25, -0.2) is 19.6 Å². The predicted molar refractivity (Wildman–Crippen MR) is 66.7 cm³/mol. The molecule has 0 radical (unpaired) electrons. The third-order valence-corrected chi connectivity index (χ3v) is 2.49. The molecule has 4 nitrogen and oxygen atoms in total. The number of alkyl halides is 3. The summed E-state index contributed by atoms with van der Waals surface area (Å²) in [7, 11) is 0. The number of nitrogens with two attached hydrogens (primary N) is 1. The van der Waals surface area contributed by atoms with Crippen molar-refractivity contribution in [2.24, 2.45) is 5.84 Å². The third kappa shape index (κ3) is 3.57. The fourth-order valence-corrected chi connectivity index (χ4v) is 1.56. The summed E-state index contributed by atoms with van der Waals surface area (Å²) in [6.07, 6.45) is -4.62. The van der Waals surface area contributed by atoms with Gasteiger partial charge in [0, 0.05) is 6.07 Å². The molecule has 0 amide bonds. The van der Waals surface area contributed by atoms with E-state index in [9.17, 15) is 22.0 Å². The molecule has 4 N–H and O–H groups in total. The van der Waals surface area contributed by atoms with Crippen LogP contribution in [0, 0.1) is 11.6 Å². The number of hydrogen-bond acceptors (Lipinski definition) is 4. The lowest BCUT2D eigenvalue weighted by atomic mass is 10.2. The van der Waals surface area contributed by atoms with E-state index in [1.165, 1.54) is 0 Å². The SMILES string of the molecule is NNc1cc(C(F)(F)F)cc(Nc2ccc(F)cc2F)n1. The maximum absolute atomic E-state index is 13.5.